The molecule has 0 bridgehead atoms. The highest BCUT2D eigenvalue weighted by Crippen LogP contribution is 2.26. The summed E-state index contributed by atoms with van der Waals surface area (Å²) in [6.07, 6.45) is 1.81. The van der Waals surface area contributed by atoms with Crippen LogP contribution < -0.4 is 0 Å². The van der Waals surface area contributed by atoms with Gasteiger partial charge in [0.15, 0.2) is 0 Å². The number of para-hydroxylation sites is 2. The van der Waals surface area contributed by atoms with Crippen molar-refractivity contribution >= 4 is 40.4 Å². The molecule has 0 aliphatic carbocycles. The van der Waals surface area contributed by atoms with E-state index in [9.17, 15) is 4.79 Å². The Morgan fingerprint density at radius 2 is 1.41 bits per heavy atom. The molecule has 0 radical (unpaired) electrons. The second kappa shape index (κ2) is 9.77. The van der Waals surface area contributed by atoms with E-state index in [0.29, 0.717) is 28.7 Å². The maximum atomic E-state index is 12.9. The Kier molecular flexibility index (Phi) is 6.23. The molecule has 1 heterocycles. The minimum atomic E-state index is -0.426. The van der Waals surface area contributed by atoms with Gasteiger partial charge in [-0.3, -0.25) is 0 Å². The first-order valence-electron chi connectivity index (χ1n) is 10.9. The van der Waals surface area contributed by atoms with Crippen molar-refractivity contribution in [2.45, 2.75) is 6.54 Å². The zero-order chi connectivity index (χ0) is 23.3. The Morgan fingerprint density at radius 3 is 2.15 bits per heavy atom. The van der Waals surface area contributed by atoms with E-state index in [1.54, 1.807) is 12.1 Å². The number of fused-ring (bicyclic) bond motifs is 1. The van der Waals surface area contributed by atoms with Crippen LogP contribution in [0.25, 0.3) is 22.9 Å². The number of hydrogen-bond acceptors (Lipinski definition) is 3. The number of hydrogen-bond donors (Lipinski definition) is 0. The van der Waals surface area contributed by atoms with Crippen molar-refractivity contribution < 1.29 is 9.53 Å². The Labute approximate surface area is 202 Å². The zero-order valence-electron chi connectivity index (χ0n) is 18.3. The van der Waals surface area contributed by atoms with Crippen LogP contribution >= 0.6 is 11.6 Å². The third-order valence-electron chi connectivity index (χ3n) is 5.50. The number of nitrogens with zero attached hydrogens (tertiary/aromatic N) is 2. The molecule has 0 atom stereocenters. The maximum Gasteiger partial charge on any atom is 0.343 e. The Balaban J connectivity index is 1.62. The van der Waals surface area contributed by atoms with E-state index in [1.807, 2.05) is 103 Å². The number of ether oxygens (including phenoxy) is 1. The van der Waals surface area contributed by atoms with Crippen molar-refractivity contribution in [2.75, 3.05) is 0 Å². The lowest BCUT2D eigenvalue weighted by Gasteiger charge is -2.12. The van der Waals surface area contributed by atoms with Gasteiger partial charge in [-0.25, -0.2) is 9.78 Å². The Morgan fingerprint density at radius 1 is 0.794 bits per heavy atom. The van der Waals surface area contributed by atoms with Gasteiger partial charge in [-0.15, -0.1) is 0 Å². The predicted molar refractivity (Wildman–Crippen MR) is 136 cm³/mol. The molecule has 5 rings (SSSR count). The summed E-state index contributed by atoms with van der Waals surface area (Å²) in [4.78, 5) is 17.7. The van der Waals surface area contributed by atoms with E-state index in [-0.39, 0.29) is 0 Å². The summed E-state index contributed by atoms with van der Waals surface area (Å²) in [7, 11) is 0. The van der Waals surface area contributed by atoms with Gasteiger partial charge in [0.1, 0.15) is 11.6 Å². The first kappa shape index (κ1) is 21.7. The fourth-order valence-electron chi connectivity index (χ4n) is 3.79. The van der Waals surface area contributed by atoms with Crippen LogP contribution in [0.4, 0.5) is 0 Å². The number of benzene rings is 4. The molecule has 0 saturated heterocycles. The summed E-state index contributed by atoms with van der Waals surface area (Å²) in [5.41, 5.74) is 4.06. The van der Waals surface area contributed by atoms with Crippen LogP contribution in [0.5, 0.6) is 0 Å². The first-order valence-corrected chi connectivity index (χ1v) is 11.3. The molecular weight excluding hydrogens is 444 g/mol. The van der Waals surface area contributed by atoms with Crippen LogP contribution in [0.1, 0.15) is 27.3 Å². The lowest BCUT2D eigenvalue weighted by molar-refractivity contribution is 0.0693. The maximum absolute atomic E-state index is 12.9. The van der Waals surface area contributed by atoms with Gasteiger partial charge in [0.05, 0.1) is 23.1 Å². The highest BCUT2D eigenvalue weighted by molar-refractivity contribution is 6.31. The number of carbonyl (C=O) groups excluding carboxylic acids is 1. The van der Waals surface area contributed by atoms with E-state index in [4.69, 9.17) is 21.3 Å². The van der Waals surface area contributed by atoms with Crippen molar-refractivity contribution in [3.05, 3.63) is 137 Å². The minimum Gasteiger partial charge on any atom is -0.422 e. The molecule has 166 valence electrons. The Bertz CT molecular complexity index is 1470. The highest BCUT2D eigenvalue weighted by Gasteiger charge is 2.16. The van der Waals surface area contributed by atoms with Crippen molar-refractivity contribution in [3.8, 4) is 0 Å². The molecule has 0 spiro atoms. The monoisotopic (exact) mass is 464 g/mol. The standard InChI is InChI=1S/C29H21ClN2O2/c30-24-16-8-7-15-23(24)20-32-26-18-10-9-17-25(26)31-28(32)19-27(21-11-3-1-4-12-21)34-29(33)22-13-5-2-6-14-22/h1-19H,20H2/b27-19+. The average molecular weight is 465 g/mol. The summed E-state index contributed by atoms with van der Waals surface area (Å²) in [5, 5.41) is 0.689. The fraction of sp³-hybridized carbons (Fsp3) is 0.0345. The van der Waals surface area contributed by atoms with Gasteiger partial charge in [-0.1, -0.05) is 90.5 Å². The number of halogens is 1. The van der Waals surface area contributed by atoms with E-state index >= 15 is 0 Å². The molecule has 5 aromatic rings. The van der Waals surface area contributed by atoms with Gasteiger partial charge in [0.2, 0.25) is 0 Å². The molecule has 5 heteroatoms. The first-order chi connectivity index (χ1) is 16.7. The molecule has 0 fully saturated rings. The van der Waals surface area contributed by atoms with Crippen molar-refractivity contribution in [3.63, 3.8) is 0 Å². The van der Waals surface area contributed by atoms with Crippen LogP contribution in [-0.2, 0) is 11.3 Å². The number of aromatic nitrogens is 2. The van der Waals surface area contributed by atoms with Crippen molar-refractivity contribution in [1.29, 1.82) is 0 Å². The smallest absolute Gasteiger partial charge is 0.343 e. The lowest BCUT2D eigenvalue weighted by atomic mass is 10.1. The molecule has 1 aromatic heterocycles. The summed E-state index contributed by atoms with van der Waals surface area (Å²) in [6.45, 7) is 0.528. The van der Waals surface area contributed by atoms with E-state index < -0.39 is 5.97 Å². The largest absolute Gasteiger partial charge is 0.422 e. The molecule has 4 aromatic carbocycles. The van der Waals surface area contributed by atoms with E-state index in [0.717, 1.165) is 22.2 Å². The zero-order valence-corrected chi connectivity index (χ0v) is 19.0. The summed E-state index contributed by atoms with van der Waals surface area (Å²) < 4.78 is 7.97. The van der Waals surface area contributed by atoms with E-state index in [1.165, 1.54) is 0 Å². The van der Waals surface area contributed by atoms with Gasteiger partial charge in [-0.2, -0.15) is 0 Å². The summed E-state index contributed by atoms with van der Waals surface area (Å²) in [5.74, 6) is 0.662. The van der Waals surface area contributed by atoms with Gasteiger partial charge in [0.25, 0.3) is 0 Å². The van der Waals surface area contributed by atoms with Crippen molar-refractivity contribution in [2.24, 2.45) is 0 Å². The third-order valence-corrected chi connectivity index (χ3v) is 5.87. The average Bonchev–Trinajstić information content (AvgIpc) is 3.23. The normalized spacial score (nSPS) is 11.5. The van der Waals surface area contributed by atoms with Gasteiger partial charge in [-0.05, 0) is 35.9 Å². The molecule has 0 unspecified atom stereocenters. The summed E-state index contributed by atoms with van der Waals surface area (Å²) >= 11 is 6.46. The van der Waals surface area contributed by atoms with Crippen LogP contribution in [-0.4, -0.2) is 15.5 Å². The molecule has 0 aliphatic heterocycles. The molecule has 0 amide bonds. The number of rotatable bonds is 6. The molecule has 0 aliphatic rings. The molecule has 0 N–H and O–H groups in total. The molecule has 0 saturated carbocycles. The summed E-state index contributed by atoms with van der Waals surface area (Å²) in [6, 6.07) is 34.2. The topological polar surface area (TPSA) is 44.1 Å². The molecular formula is C29H21ClN2O2. The minimum absolute atomic E-state index is 0.421. The van der Waals surface area contributed by atoms with E-state index in [2.05, 4.69) is 4.57 Å². The second-order valence-corrected chi connectivity index (χ2v) is 8.17. The number of carbonyl (C=O) groups is 1. The second-order valence-electron chi connectivity index (χ2n) is 7.77. The predicted octanol–water partition coefficient (Wildman–Crippen LogP) is 7.09. The molecule has 34 heavy (non-hydrogen) atoms. The van der Waals surface area contributed by atoms with Gasteiger partial charge in [0, 0.05) is 16.7 Å². The van der Waals surface area contributed by atoms with Crippen molar-refractivity contribution in [1.82, 2.24) is 9.55 Å². The SMILES string of the molecule is O=C(O/C(=C/c1nc2ccccc2n1Cc1ccccc1Cl)c1ccccc1)c1ccccc1. The van der Waals surface area contributed by atoms with Crippen LogP contribution in [0, 0.1) is 0 Å². The third kappa shape index (κ3) is 4.63. The van der Waals surface area contributed by atoms with Gasteiger partial charge >= 0.3 is 5.97 Å². The highest BCUT2D eigenvalue weighted by atomic mass is 35.5. The quantitative estimate of drug-likeness (QED) is 0.199. The Hall–Kier alpha value is -4.15. The molecule has 4 nitrogen and oxygen atoms in total. The van der Waals surface area contributed by atoms with Crippen LogP contribution in [0.3, 0.4) is 0 Å². The fourth-order valence-corrected chi connectivity index (χ4v) is 3.99. The van der Waals surface area contributed by atoms with Crippen LogP contribution in [0.15, 0.2) is 109 Å². The van der Waals surface area contributed by atoms with Gasteiger partial charge < -0.3 is 9.30 Å². The number of esters is 1. The number of imidazole rings is 1. The van der Waals surface area contributed by atoms with Crippen LogP contribution in [0.2, 0.25) is 5.02 Å². The lowest BCUT2D eigenvalue weighted by Crippen LogP contribution is -2.06.